The van der Waals surface area contributed by atoms with Crippen molar-refractivity contribution in [2.24, 2.45) is 0 Å². The number of rotatable bonds is 9. The highest BCUT2D eigenvalue weighted by molar-refractivity contribution is 5.98. The van der Waals surface area contributed by atoms with Gasteiger partial charge in [0.2, 0.25) is 5.91 Å². The van der Waals surface area contributed by atoms with Crippen LogP contribution in [0.3, 0.4) is 0 Å². The first kappa shape index (κ1) is 25.8. The number of carbonyl (C=O) groups is 2. The maximum Gasteiger partial charge on any atom is 0.251 e. The summed E-state index contributed by atoms with van der Waals surface area (Å²) >= 11 is 0. The van der Waals surface area contributed by atoms with Gasteiger partial charge in [0.15, 0.2) is 0 Å². The van der Waals surface area contributed by atoms with Crippen LogP contribution in [0.1, 0.15) is 40.7 Å². The Hall–Kier alpha value is -3.29. The average Bonchev–Trinajstić information content (AvgIpc) is 3.00. The summed E-state index contributed by atoms with van der Waals surface area (Å²) in [6.07, 6.45) is 2.23. The van der Waals surface area contributed by atoms with Gasteiger partial charge in [-0.25, -0.2) is 4.39 Å². The normalized spacial score (nSPS) is 18.3. The van der Waals surface area contributed by atoms with Gasteiger partial charge in [0, 0.05) is 31.2 Å². The molecule has 6 nitrogen and oxygen atoms in total. The number of nitrogens with one attached hydrogen (secondary N) is 3. The Bertz CT molecular complexity index is 1190. The van der Waals surface area contributed by atoms with Gasteiger partial charge in [-0.3, -0.25) is 9.59 Å². The molecule has 190 valence electrons. The van der Waals surface area contributed by atoms with Crippen LogP contribution < -0.4 is 16.0 Å². The first-order valence-electron chi connectivity index (χ1n) is 12.7. The largest absolute Gasteiger partial charge is 0.350 e. The van der Waals surface area contributed by atoms with Crippen molar-refractivity contribution in [1.29, 1.82) is 0 Å². The third kappa shape index (κ3) is 6.68. The number of carbonyl (C=O) groups excluding carboxylic acids is 2. The van der Waals surface area contributed by atoms with Crippen LogP contribution in [0.4, 0.5) is 4.39 Å². The number of hydrogen-bond donors (Lipinski definition) is 3. The lowest BCUT2D eigenvalue weighted by Gasteiger charge is -2.25. The predicted octanol–water partition coefficient (Wildman–Crippen LogP) is 3.78. The average molecular weight is 491 g/mol. The lowest BCUT2D eigenvalue weighted by atomic mass is 10.1. The Kier molecular flexibility index (Phi) is 8.67. The van der Waals surface area contributed by atoms with Crippen molar-refractivity contribution in [2.75, 3.05) is 26.7 Å². The number of nitrogens with zero attached hydrogens (tertiary/aromatic N) is 1. The minimum Gasteiger partial charge on any atom is -0.350 e. The van der Waals surface area contributed by atoms with Crippen molar-refractivity contribution in [3.63, 3.8) is 0 Å². The first-order valence-corrected chi connectivity index (χ1v) is 12.7. The minimum absolute atomic E-state index is 0.0244. The third-order valence-corrected chi connectivity index (χ3v) is 6.71. The zero-order valence-corrected chi connectivity index (χ0v) is 21.0. The van der Waals surface area contributed by atoms with Crippen molar-refractivity contribution in [1.82, 2.24) is 20.9 Å². The van der Waals surface area contributed by atoms with Crippen LogP contribution in [0.15, 0.2) is 60.7 Å². The van der Waals surface area contributed by atoms with E-state index in [1.807, 2.05) is 67.4 Å². The molecular weight excluding hydrogens is 455 g/mol. The van der Waals surface area contributed by atoms with E-state index in [1.54, 1.807) is 0 Å². The maximum atomic E-state index is 13.9. The second kappa shape index (κ2) is 12.1. The highest BCUT2D eigenvalue weighted by atomic mass is 19.1. The smallest absolute Gasteiger partial charge is 0.251 e. The van der Waals surface area contributed by atoms with Crippen molar-refractivity contribution in [3.05, 3.63) is 83.2 Å². The van der Waals surface area contributed by atoms with Gasteiger partial charge in [-0.15, -0.1) is 0 Å². The second-order valence-corrected chi connectivity index (χ2v) is 9.62. The zero-order valence-electron chi connectivity index (χ0n) is 21.0. The van der Waals surface area contributed by atoms with E-state index in [0.29, 0.717) is 38.0 Å². The van der Waals surface area contributed by atoms with Crippen LogP contribution in [0.25, 0.3) is 10.8 Å². The van der Waals surface area contributed by atoms with Gasteiger partial charge in [0.1, 0.15) is 5.82 Å². The molecule has 0 aliphatic carbocycles. The summed E-state index contributed by atoms with van der Waals surface area (Å²) in [5, 5.41) is 11.8. The quantitative estimate of drug-likeness (QED) is 0.399. The number of amides is 2. The fourth-order valence-corrected chi connectivity index (χ4v) is 4.86. The van der Waals surface area contributed by atoms with Gasteiger partial charge < -0.3 is 20.9 Å². The summed E-state index contributed by atoms with van der Waals surface area (Å²) in [4.78, 5) is 28.1. The van der Waals surface area contributed by atoms with Crippen molar-refractivity contribution >= 4 is 22.6 Å². The lowest BCUT2D eigenvalue weighted by Crippen LogP contribution is -2.48. The highest BCUT2D eigenvalue weighted by Gasteiger charge is 2.30. The molecule has 7 heteroatoms. The summed E-state index contributed by atoms with van der Waals surface area (Å²) in [7, 11) is 1.89. The topological polar surface area (TPSA) is 73.5 Å². The monoisotopic (exact) mass is 490 g/mol. The van der Waals surface area contributed by atoms with Crippen LogP contribution in [-0.4, -0.2) is 55.5 Å². The summed E-state index contributed by atoms with van der Waals surface area (Å²) < 4.78 is 13.9. The molecule has 2 unspecified atom stereocenters. The molecule has 0 radical (unpaired) electrons. The molecule has 3 N–H and O–H groups in total. The molecule has 0 bridgehead atoms. The number of hydrogen-bond acceptors (Lipinski definition) is 4. The van der Waals surface area contributed by atoms with Gasteiger partial charge in [0.05, 0.1) is 6.04 Å². The third-order valence-electron chi connectivity index (χ3n) is 6.71. The predicted molar refractivity (Wildman–Crippen MR) is 141 cm³/mol. The second-order valence-electron chi connectivity index (χ2n) is 9.62. The van der Waals surface area contributed by atoms with E-state index in [0.717, 1.165) is 34.9 Å². The molecule has 1 saturated heterocycles. The molecule has 0 aromatic heterocycles. The summed E-state index contributed by atoms with van der Waals surface area (Å²) in [6.45, 7) is 4.01. The molecule has 1 heterocycles. The van der Waals surface area contributed by atoms with Crippen LogP contribution in [0.2, 0.25) is 0 Å². The fourth-order valence-electron chi connectivity index (χ4n) is 4.86. The van der Waals surface area contributed by atoms with Gasteiger partial charge in [-0.05, 0) is 85.9 Å². The molecule has 0 saturated carbocycles. The van der Waals surface area contributed by atoms with E-state index >= 15 is 0 Å². The van der Waals surface area contributed by atoms with Crippen LogP contribution in [0.5, 0.6) is 0 Å². The van der Waals surface area contributed by atoms with E-state index in [-0.39, 0.29) is 29.7 Å². The minimum atomic E-state index is -0.349. The molecule has 1 aliphatic rings. The zero-order chi connectivity index (χ0) is 25.5. The van der Waals surface area contributed by atoms with Gasteiger partial charge in [0.25, 0.3) is 5.91 Å². The summed E-state index contributed by atoms with van der Waals surface area (Å²) in [6, 6.07) is 18.2. The van der Waals surface area contributed by atoms with E-state index in [1.165, 1.54) is 12.1 Å². The Morgan fingerprint density at radius 3 is 2.69 bits per heavy atom. The number of halogens is 1. The maximum absolute atomic E-state index is 13.9. The molecule has 2 atom stereocenters. The Morgan fingerprint density at radius 2 is 1.92 bits per heavy atom. The van der Waals surface area contributed by atoms with Crippen molar-refractivity contribution in [3.8, 4) is 0 Å². The van der Waals surface area contributed by atoms with Crippen LogP contribution in [-0.2, 0) is 11.3 Å². The Morgan fingerprint density at radius 1 is 1.11 bits per heavy atom. The molecule has 0 spiro atoms. The van der Waals surface area contributed by atoms with E-state index in [9.17, 15) is 14.0 Å². The first-order chi connectivity index (χ1) is 17.4. The molecule has 3 aromatic rings. The van der Waals surface area contributed by atoms with E-state index < -0.39 is 0 Å². The molecule has 2 amide bonds. The van der Waals surface area contributed by atoms with Crippen molar-refractivity contribution < 1.29 is 14.0 Å². The van der Waals surface area contributed by atoms with Crippen LogP contribution in [0, 0.1) is 12.7 Å². The number of fused-ring (bicyclic) bond motifs is 1. The summed E-state index contributed by atoms with van der Waals surface area (Å²) in [5.74, 6) is -0.390. The standard InChI is InChI=1S/C29H35FN4O2/c1-20-14-21(16-25(30)15-20)19-34-13-11-26(33-27(29(34)36)8-5-12-31-2)18-32-28(35)24-10-9-22-6-3-4-7-23(22)17-24/h3-4,6-7,9-10,14-17,26-27,31,33H,5,8,11-13,18-19H2,1-2H3,(H,32,35). The lowest BCUT2D eigenvalue weighted by molar-refractivity contribution is -0.133. The molecule has 1 aliphatic heterocycles. The number of aryl methyl sites for hydroxylation is 1. The van der Waals surface area contributed by atoms with Crippen LogP contribution >= 0.6 is 0 Å². The SMILES string of the molecule is CNCCCC1NC(CNC(=O)c2ccc3ccccc3c2)CCN(Cc2cc(C)cc(F)c2)C1=O. The van der Waals surface area contributed by atoms with E-state index in [4.69, 9.17) is 0 Å². The van der Waals surface area contributed by atoms with Gasteiger partial charge in [-0.2, -0.15) is 0 Å². The molecule has 4 rings (SSSR count). The van der Waals surface area contributed by atoms with Crippen molar-refractivity contribution in [2.45, 2.75) is 44.8 Å². The van der Waals surface area contributed by atoms with Gasteiger partial charge in [-0.1, -0.05) is 36.4 Å². The Labute approximate surface area is 212 Å². The Balaban J connectivity index is 1.43. The molecule has 1 fully saturated rings. The molecular formula is C29H35FN4O2. The van der Waals surface area contributed by atoms with Gasteiger partial charge >= 0.3 is 0 Å². The summed E-state index contributed by atoms with van der Waals surface area (Å²) in [5.41, 5.74) is 2.25. The molecule has 3 aromatic carbocycles. The highest BCUT2D eigenvalue weighted by Crippen LogP contribution is 2.18. The molecule has 36 heavy (non-hydrogen) atoms. The number of benzene rings is 3. The van der Waals surface area contributed by atoms with E-state index in [2.05, 4.69) is 16.0 Å². The fraction of sp³-hybridized carbons (Fsp3) is 0.379.